The standard InChI is InChI=1S/C26H34N2O6/c1-15-14-34-23-21-17(12-18(31-3)22(23)32-4)26-7-10-27-9-5-6-25(24(26)27,8-11-33-16(2)29)20(30)13-19(26)28(15)21/h12,15,19,24H,5-11,13-14H2,1-4H3/t15-,19-,24-,25+,26-/m1/s1. The van der Waals surface area contributed by atoms with Crippen molar-refractivity contribution >= 4 is 17.4 Å². The van der Waals surface area contributed by atoms with E-state index in [-0.39, 0.29) is 29.5 Å². The Bertz CT molecular complexity index is 1060. The minimum atomic E-state index is -0.501. The molecule has 1 spiro atoms. The second-order valence-corrected chi connectivity index (χ2v) is 10.6. The number of esters is 1. The zero-order chi connectivity index (χ0) is 23.8. The van der Waals surface area contributed by atoms with Gasteiger partial charge in [0.1, 0.15) is 12.4 Å². The van der Waals surface area contributed by atoms with Gasteiger partial charge in [0.2, 0.25) is 5.75 Å². The van der Waals surface area contributed by atoms with E-state index in [1.165, 1.54) is 12.5 Å². The monoisotopic (exact) mass is 470 g/mol. The van der Waals surface area contributed by atoms with E-state index < -0.39 is 5.41 Å². The maximum absolute atomic E-state index is 14.1. The first kappa shape index (κ1) is 22.0. The molecule has 3 fully saturated rings. The van der Waals surface area contributed by atoms with Crippen molar-refractivity contribution < 1.29 is 28.5 Å². The van der Waals surface area contributed by atoms with Gasteiger partial charge >= 0.3 is 5.97 Å². The number of carbonyl (C=O) groups is 2. The predicted octanol–water partition coefficient (Wildman–Crippen LogP) is 2.69. The molecule has 1 saturated carbocycles. The van der Waals surface area contributed by atoms with Crippen molar-refractivity contribution in [2.45, 2.75) is 69.5 Å². The minimum Gasteiger partial charge on any atom is -0.493 e. The van der Waals surface area contributed by atoms with Crippen molar-refractivity contribution in [3.8, 4) is 17.2 Å². The largest absolute Gasteiger partial charge is 0.493 e. The Balaban J connectivity index is 1.56. The normalized spacial score (nSPS) is 35.2. The molecular weight excluding hydrogens is 436 g/mol. The van der Waals surface area contributed by atoms with Gasteiger partial charge < -0.3 is 23.8 Å². The number of methoxy groups -OCH3 is 2. The van der Waals surface area contributed by atoms with Gasteiger partial charge in [-0.2, -0.15) is 0 Å². The van der Waals surface area contributed by atoms with Crippen LogP contribution < -0.4 is 19.1 Å². The van der Waals surface area contributed by atoms with Crippen LogP contribution >= 0.6 is 0 Å². The third-order valence-corrected chi connectivity index (χ3v) is 9.28. The maximum atomic E-state index is 14.1. The summed E-state index contributed by atoms with van der Waals surface area (Å²) in [6, 6.07) is 2.47. The smallest absolute Gasteiger partial charge is 0.302 e. The molecule has 0 N–H and O–H groups in total. The molecule has 0 unspecified atom stereocenters. The van der Waals surface area contributed by atoms with E-state index in [1.54, 1.807) is 14.2 Å². The van der Waals surface area contributed by atoms with Gasteiger partial charge in [-0.05, 0) is 57.3 Å². The molecule has 5 aliphatic rings. The summed E-state index contributed by atoms with van der Waals surface area (Å²) in [6.45, 7) is 6.42. The summed E-state index contributed by atoms with van der Waals surface area (Å²) in [6.07, 6.45) is 3.94. The highest BCUT2D eigenvalue weighted by Gasteiger charge is 2.72. The number of nitrogens with zero attached hydrogens (tertiary/aromatic N) is 2. The molecule has 0 bridgehead atoms. The van der Waals surface area contributed by atoms with Crippen LogP contribution in [-0.4, -0.2) is 75.3 Å². The molecule has 0 radical (unpaired) electrons. The molecule has 5 atom stereocenters. The molecule has 184 valence electrons. The number of ether oxygens (including phenoxy) is 4. The Morgan fingerprint density at radius 3 is 2.79 bits per heavy atom. The first-order valence-corrected chi connectivity index (χ1v) is 12.5. The van der Waals surface area contributed by atoms with Crippen LogP contribution in [0.4, 0.5) is 5.69 Å². The second-order valence-electron chi connectivity index (χ2n) is 10.6. The number of piperidine rings is 1. The maximum Gasteiger partial charge on any atom is 0.302 e. The van der Waals surface area contributed by atoms with Crippen molar-refractivity contribution in [2.24, 2.45) is 5.41 Å². The second kappa shape index (κ2) is 7.51. The summed E-state index contributed by atoms with van der Waals surface area (Å²) in [7, 11) is 3.31. The minimum absolute atomic E-state index is 0.0792. The van der Waals surface area contributed by atoms with Gasteiger partial charge in [0.15, 0.2) is 11.5 Å². The lowest BCUT2D eigenvalue weighted by molar-refractivity contribution is -0.151. The summed E-state index contributed by atoms with van der Waals surface area (Å²) >= 11 is 0. The fourth-order valence-electron chi connectivity index (χ4n) is 8.19. The molecule has 1 aromatic rings. The van der Waals surface area contributed by atoms with E-state index in [1.807, 2.05) is 0 Å². The van der Waals surface area contributed by atoms with Crippen molar-refractivity contribution in [1.29, 1.82) is 0 Å². The Kier molecular flexibility index (Phi) is 4.86. The lowest BCUT2D eigenvalue weighted by Gasteiger charge is -2.58. The average Bonchev–Trinajstić information content (AvgIpc) is 3.35. The highest BCUT2D eigenvalue weighted by Crippen LogP contribution is 2.68. The van der Waals surface area contributed by atoms with Crippen molar-refractivity contribution in [2.75, 3.05) is 45.4 Å². The van der Waals surface area contributed by atoms with E-state index in [0.717, 1.165) is 43.8 Å². The number of anilines is 1. The first-order valence-electron chi connectivity index (χ1n) is 12.5. The zero-order valence-electron chi connectivity index (χ0n) is 20.5. The first-order chi connectivity index (χ1) is 16.4. The molecule has 1 aromatic carbocycles. The summed E-state index contributed by atoms with van der Waals surface area (Å²) in [5, 5.41) is 0. The number of benzene rings is 1. The van der Waals surface area contributed by atoms with Crippen LogP contribution in [-0.2, 0) is 19.7 Å². The lowest BCUT2D eigenvalue weighted by atomic mass is 9.51. The lowest BCUT2D eigenvalue weighted by Crippen LogP contribution is -2.69. The SMILES string of the molecule is COc1cc2c3c(c1OC)OC[C@@H](C)N3[C@@H]1CC(=O)[C@@]3(CCOC(C)=O)CCCN4CC[C@@]21[C@H]43. The number of rotatable bonds is 5. The molecule has 6 rings (SSSR count). The highest BCUT2D eigenvalue weighted by atomic mass is 16.5. The van der Waals surface area contributed by atoms with Gasteiger partial charge in [-0.25, -0.2) is 0 Å². The van der Waals surface area contributed by atoms with Crippen LogP contribution in [0.1, 0.15) is 51.5 Å². The molecule has 0 aromatic heterocycles. The quantitative estimate of drug-likeness (QED) is 0.608. The van der Waals surface area contributed by atoms with Crippen LogP contribution in [0.15, 0.2) is 6.07 Å². The predicted molar refractivity (Wildman–Crippen MR) is 125 cm³/mol. The molecule has 4 heterocycles. The van der Waals surface area contributed by atoms with Gasteiger partial charge in [-0.15, -0.1) is 0 Å². The van der Waals surface area contributed by atoms with Crippen LogP contribution in [0.2, 0.25) is 0 Å². The third kappa shape index (κ3) is 2.58. The molecule has 8 nitrogen and oxygen atoms in total. The van der Waals surface area contributed by atoms with Crippen molar-refractivity contribution in [3.05, 3.63) is 11.6 Å². The molecule has 2 saturated heterocycles. The molecule has 34 heavy (non-hydrogen) atoms. The molecule has 8 heteroatoms. The van der Waals surface area contributed by atoms with E-state index >= 15 is 0 Å². The summed E-state index contributed by atoms with van der Waals surface area (Å²) in [5.74, 6) is 2.08. The number of Topliss-reactive ketones (excluding diaryl/α,β-unsaturated/α-hetero) is 1. The molecule has 0 amide bonds. The van der Waals surface area contributed by atoms with Crippen LogP contribution in [0, 0.1) is 5.41 Å². The van der Waals surface area contributed by atoms with E-state index in [0.29, 0.717) is 43.3 Å². The van der Waals surface area contributed by atoms with Crippen LogP contribution in [0.25, 0.3) is 0 Å². The van der Waals surface area contributed by atoms with Crippen LogP contribution in [0.3, 0.4) is 0 Å². The van der Waals surface area contributed by atoms with Gasteiger partial charge in [0.25, 0.3) is 0 Å². The van der Waals surface area contributed by atoms with Gasteiger partial charge in [0, 0.05) is 36.3 Å². The Morgan fingerprint density at radius 1 is 1.24 bits per heavy atom. The van der Waals surface area contributed by atoms with E-state index in [9.17, 15) is 9.59 Å². The van der Waals surface area contributed by atoms with Gasteiger partial charge in [-0.3, -0.25) is 14.5 Å². The van der Waals surface area contributed by atoms with Crippen molar-refractivity contribution in [1.82, 2.24) is 4.90 Å². The number of ketones is 1. The Labute approximate surface area is 200 Å². The van der Waals surface area contributed by atoms with Crippen molar-refractivity contribution in [3.63, 3.8) is 0 Å². The van der Waals surface area contributed by atoms with E-state index in [4.69, 9.17) is 18.9 Å². The van der Waals surface area contributed by atoms with Gasteiger partial charge in [-0.1, -0.05) is 0 Å². The Hall–Kier alpha value is -2.48. The number of fused-ring (bicyclic) bond motifs is 1. The zero-order valence-corrected chi connectivity index (χ0v) is 20.5. The third-order valence-electron chi connectivity index (χ3n) is 9.28. The molecule has 4 aliphatic heterocycles. The average molecular weight is 471 g/mol. The molecule has 1 aliphatic carbocycles. The number of carbonyl (C=O) groups excluding carboxylic acids is 2. The fourth-order valence-corrected chi connectivity index (χ4v) is 8.19. The van der Waals surface area contributed by atoms with E-state index in [2.05, 4.69) is 22.8 Å². The Morgan fingerprint density at radius 2 is 2.06 bits per heavy atom. The highest BCUT2D eigenvalue weighted by molar-refractivity contribution is 5.92. The van der Waals surface area contributed by atoms with Crippen LogP contribution in [0.5, 0.6) is 17.2 Å². The number of hydrogen-bond acceptors (Lipinski definition) is 8. The fraction of sp³-hybridized carbons (Fsp3) is 0.692. The number of hydrogen-bond donors (Lipinski definition) is 0. The van der Waals surface area contributed by atoms with Gasteiger partial charge in [0.05, 0.1) is 32.6 Å². The topological polar surface area (TPSA) is 77.5 Å². The summed E-state index contributed by atoms with van der Waals surface area (Å²) < 4.78 is 23.2. The summed E-state index contributed by atoms with van der Waals surface area (Å²) in [5.41, 5.74) is 1.61. The summed E-state index contributed by atoms with van der Waals surface area (Å²) in [4.78, 5) is 30.6. The molecular formula is C26H34N2O6.